The summed E-state index contributed by atoms with van der Waals surface area (Å²) in [7, 11) is 0. The summed E-state index contributed by atoms with van der Waals surface area (Å²) < 4.78 is 1.90. The molecule has 20 heavy (non-hydrogen) atoms. The van der Waals surface area contributed by atoms with Crippen molar-refractivity contribution in [3.63, 3.8) is 0 Å². The maximum Gasteiger partial charge on any atom is 0.152 e. The standard InChI is InChI=1S/C15H25N5/c1-5-19(6-2)9-7-16-15-14-11-13(12(3)4)18-20(14)10-8-17-15/h8,10-12H,5-7,9H2,1-4H3,(H,16,17). The molecule has 2 rings (SSSR count). The number of aromatic nitrogens is 3. The second-order valence-corrected chi connectivity index (χ2v) is 5.28. The Hall–Kier alpha value is -1.62. The molecule has 0 atom stereocenters. The maximum atomic E-state index is 4.57. The third-order valence-electron chi connectivity index (χ3n) is 3.62. The van der Waals surface area contributed by atoms with Crippen LogP contribution >= 0.6 is 0 Å². The second-order valence-electron chi connectivity index (χ2n) is 5.28. The summed E-state index contributed by atoms with van der Waals surface area (Å²) in [6.45, 7) is 12.8. The SMILES string of the molecule is CCN(CC)CCNc1nccn2nc(C(C)C)cc12. The summed E-state index contributed by atoms with van der Waals surface area (Å²) in [5, 5.41) is 8.00. The topological polar surface area (TPSA) is 45.5 Å². The first-order chi connectivity index (χ1) is 9.65. The van der Waals surface area contributed by atoms with Crippen molar-refractivity contribution < 1.29 is 0 Å². The molecule has 5 nitrogen and oxygen atoms in total. The Balaban J connectivity index is 2.09. The first-order valence-electron chi connectivity index (χ1n) is 7.46. The van der Waals surface area contributed by atoms with Gasteiger partial charge in [-0.1, -0.05) is 27.7 Å². The summed E-state index contributed by atoms with van der Waals surface area (Å²) in [6.07, 6.45) is 3.70. The Kier molecular flexibility index (Phi) is 4.95. The first kappa shape index (κ1) is 14.8. The zero-order valence-corrected chi connectivity index (χ0v) is 12.9. The Bertz CT molecular complexity index is 542. The van der Waals surface area contributed by atoms with Crippen LogP contribution in [-0.4, -0.2) is 45.7 Å². The third kappa shape index (κ3) is 3.28. The number of rotatable bonds is 7. The van der Waals surface area contributed by atoms with Crippen LogP contribution in [-0.2, 0) is 0 Å². The molecule has 0 aliphatic carbocycles. The van der Waals surface area contributed by atoms with Gasteiger partial charge in [-0.3, -0.25) is 0 Å². The molecular weight excluding hydrogens is 250 g/mol. The van der Waals surface area contributed by atoms with Crippen molar-refractivity contribution in [3.8, 4) is 0 Å². The Labute approximate surface area is 121 Å². The van der Waals surface area contributed by atoms with Crippen LogP contribution < -0.4 is 5.32 Å². The predicted molar refractivity (Wildman–Crippen MR) is 83.4 cm³/mol. The van der Waals surface area contributed by atoms with Crippen molar-refractivity contribution in [2.24, 2.45) is 0 Å². The highest BCUT2D eigenvalue weighted by Crippen LogP contribution is 2.19. The van der Waals surface area contributed by atoms with E-state index in [1.165, 1.54) is 0 Å². The number of nitrogens with one attached hydrogen (secondary N) is 1. The molecule has 0 fully saturated rings. The van der Waals surface area contributed by atoms with Crippen LogP contribution in [0.5, 0.6) is 0 Å². The van der Waals surface area contributed by atoms with Crippen molar-refractivity contribution in [3.05, 3.63) is 24.2 Å². The van der Waals surface area contributed by atoms with Gasteiger partial charge >= 0.3 is 0 Å². The van der Waals surface area contributed by atoms with E-state index in [2.05, 4.69) is 54.1 Å². The summed E-state index contributed by atoms with van der Waals surface area (Å²) in [4.78, 5) is 6.83. The van der Waals surface area contributed by atoms with E-state index in [4.69, 9.17) is 0 Å². The van der Waals surface area contributed by atoms with Gasteiger partial charge in [-0.25, -0.2) is 9.50 Å². The van der Waals surface area contributed by atoms with E-state index in [1.807, 2.05) is 10.7 Å². The Morgan fingerprint density at radius 1 is 1.30 bits per heavy atom. The normalized spacial score (nSPS) is 11.7. The molecular formula is C15H25N5. The van der Waals surface area contributed by atoms with Crippen LogP contribution in [0.3, 0.4) is 0 Å². The van der Waals surface area contributed by atoms with Gasteiger partial charge in [0.1, 0.15) is 5.52 Å². The molecule has 0 radical (unpaired) electrons. The highest BCUT2D eigenvalue weighted by molar-refractivity contribution is 5.67. The number of nitrogens with zero attached hydrogens (tertiary/aromatic N) is 4. The minimum absolute atomic E-state index is 0.429. The lowest BCUT2D eigenvalue weighted by Crippen LogP contribution is -2.28. The van der Waals surface area contributed by atoms with E-state index in [9.17, 15) is 0 Å². The summed E-state index contributed by atoms with van der Waals surface area (Å²) in [6, 6.07) is 2.12. The molecule has 110 valence electrons. The second kappa shape index (κ2) is 6.70. The van der Waals surface area contributed by atoms with Gasteiger partial charge in [0.2, 0.25) is 0 Å². The van der Waals surface area contributed by atoms with Crippen molar-refractivity contribution in [2.75, 3.05) is 31.5 Å². The van der Waals surface area contributed by atoms with Gasteiger partial charge < -0.3 is 10.2 Å². The monoisotopic (exact) mass is 275 g/mol. The molecule has 0 saturated heterocycles. The summed E-state index contributed by atoms with van der Waals surface area (Å²) in [5.74, 6) is 1.34. The third-order valence-corrected chi connectivity index (χ3v) is 3.62. The van der Waals surface area contributed by atoms with Gasteiger partial charge in [-0.15, -0.1) is 0 Å². The Morgan fingerprint density at radius 2 is 2.05 bits per heavy atom. The van der Waals surface area contributed by atoms with E-state index in [0.29, 0.717) is 5.92 Å². The molecule has 0 spiro atoms. The largest absolute Gasteiger partial charge is 0.367 e. The molecule has 0 amide bonds. The molecule has 0 aliphatic rings. The average molecular weight is 275 g/mol. The predicted octanol–water partition coefficient (Wildman–Crippen LogP) is 2.61. The zero-order chi connectivity index (χ0) is 14.5. The fourth-order valence-electron chi connectivity index (χ4n) is 2.23. The fraction of sp³-hybridized carbons (Fsp3) is 0.600. The van der Waals surface area contributed by atoms with Crippen LogP contribution in [0.4, 0.5) is 5.82 Å². The lowest BCUT2D eigenvalue weighted by atomic mass is 10.1. The van der Waals surface area contributed by atoms with Gasteiger partial charge in [0.05, 0.1) is 5.69 Å². The highest BCUT2D eigenvalue weighted by atomic mass is 15.2. The smallest absolute Gasteiger partial charge is 0.152 e. The van der Waals surface area contributed by atoms with Crippen molar-refractivity contribution >= 4 is 11.3 Å². The van der Waals surface area contributed by atoms with E-state index in [1.54, 1.807) is 6.20 Å². The molecule has 2 heterocycles. The number of hydrogen-bond donors (Lipinski definition) is 1. The number of anilines is 1. The summed E-state index contributed by atoms with van der Waals surface area (Å²) >= 11 is 0. The van der Waals surface area contributed by atoms with E-state index < -0.39 is 0 Å². The lowest BCUT2D eigenvalue weighted by molar-refractivity contribution is 0.316. The number of hydrogen-bond acceptors (Lipinski definition) is 4. The van der Waals surface area contributed by atoms with Crippen molar-refractivity contribution in [2.45, 2.75) is 33.6 Å². The first-order valence-corrected chi connectivity index (χ1v) is 7.46. The molecule has 5 heteroatoms. The van der Waals surface area contributed by atoms with Gasteiger partial charge in [-0.2, -0.15) is 5.10 Å². The molecule has 0 bridgehead atoms. The molecule has 0 aromatic carbocycles. The van der Waals surface area contributed by atoms with Gasteiger partial charge in [0.25, 0.3) is 0 Å². The molecule has 0 aliphatic heterocycles. The van der Waals surface area contributed by atoms with Gasteiger partial charge in [-0.05, 0) is 25.1 Å². The molecule has 2 aromatic rings. The number of likely N-dealkylation sites (N-methyl/N-ethyl adjacent to an activating group) is 1. The maximum absolute atomic E-state index is 4.57. The molecule has 2 aromatic heterocycles. The quantitative estimate of drug-likeness (QED) is 0.843. The van der Waals surface area contributed by atoms with Crippen molar-refractivity contribution in [1.29, 1.82) is 0 Å². The van der Waals surface area contributed by atoms with Gasteiger partial charge in [0, 0.05) is 25.5 Å². The fourth-order valence-corrected chi connectivity index (χ4v) is 2.23. The van der Waals surface area contributed by atoms with Crippen LogP contribution in [0, 0.1) is 0 Å². The number of fused-ring (bicyclic) bond motifs is 1. The molecule has 0 saturated carbocycles. The Morgan fingerprint density at radius 3 is 2.70 bits per heavy atom. The zero-order valence-electron chi connectivity index (χ0n) is 12.9. The molecule has 0 unspecified atom stereocenters. The van der Waals surface area contributed by atoms with E-state index in [-0.39, 0.29) is 0 Å². The average Bonchev–Trinajstić information content (AvgIpc) is 2.88. The minimum atomic E-state index is 0.429. The minimum Gasteiger partial charge on any atom is -0.367 e. The van der Waals surface area contributed by atoms with E-state index >= 15 is 0 Å². The van der Waals surface area contributed by atoms with E-state index in [0.717, 1.165) is 43.2 Å². The van der Waals surface area contributed by atoms with Crippen LogP contribution in [0.1, 0.15) is 39.3 Å². The van der Waals surface area contributed by atoms with Crippen LogP contribution in [0.25, 0.3) is 5.52 Å². The highest BCUT2D eigenvalue weighted by Gasteiger charge is 2.09. The van der Waals surface area contributed by atoms with Crippen LogP contribution in [0.15, 0.2) is 18.5 Å². The summed E-state index contributed by atoms with van der Waals surface area (Å²) in [5.41, 5.74) is 2.15. The van der Waals surface area contributed by atoms with Crippen LogP contribution in [0.2, 0.25) is 0 Å². The molecule has 1 N–H and O–H groups in total. The van der Waals surface area contributed by atoms with Gasteiger partial charge in [0.15, 0.2) is 5.82 Å². The lowest BCUT2D eigenvalue weighted by Gasteiger charge is -2.18. The van der Waals surface area contributed by atoms with Crippen molar-refractivity contribution in [1.82, 2.24) is 19.5 Å².